The molecular weight excluding hydrogens is 425 g/mol. The third-order valence-electron chi connectivity index (χ3n) is 3.88. The van der Waals surface area contributed by atoms with Crippen molar-refractivity contribution in [3.05, 3.63) is 11.6 Å². The van der Waals surface area contributed by atoms with Gasteiger partial charge in [-0.2, -0.15) is 9.97 Å². The molecule has 150 valence electrons. The van der Waals surface area contributed by atoms with Crippen LogP contribution >= 0.6 is 19.2 Å². The van der Waals surface area contributed by atoms with Crippen molar-refractivity contribution in [2.45, 2.75) is 30.4 Å². The first kappa shape index (κ1) is 20.4. The summed E-state index contributed by atoms with van der Waals surface area (Å²) in [5.74, 6) is 0.124. The average molecular weight is 442 g/mol. The van der Waals surface area contributed by atoms with Gasteiger partial charge in [-0.05, 0) is 24.4 Å². The van der Waals surface area contributed by atoms with Crippen LogP contribution in [0.3, 0.4) is 0 Å². The first-order valence-electron chi connectivity index (χ1n) is 7.63. The van der Waals surface area contributed by atoms with Crippen LogP contribution in [-0.4, -0.2) is 61.9 Å². The minimum absolute atomic E-state index is 0.0442. The van der Waals surface area contributed by atoms with Gasteiger partial charge in [0.25, 0.3) is 5.18 Å². The lowest BCUT2D eigenvalue weighted by atomic mass is 10.2. The summed E-state index contributed by atoms with van der Waals surface area (Å²) in [7, 11) is -9.10. The highest BCUT2D eigenvalue weighted by molar-refractivity contribution is 7.97. The Balaban J connectivity index is 1.72. The molecule has 0 aliphatic carbocycles. The molecule has 1 fully saturated rings. The van der Waals surface area contributed by atoms with Crippen LogP contribution < -0.4 is 5.73 Å². The van der Waals surface area contributed by atoms with Crippen LogP contribution in [0.4, 0.5) is 5.82 Å². The van der Waals surface area contributed by atoms with Gasteiger partial charge in [-0.15, -0.1) is 0 Å². The molecule has 0 bridgehead atoms. The van der Waals surface area contributed by atoms with Crippen LogP contribution in [0.15, 0.2) is 6.33 Å². The van der Waals surface area contributed by atoms with E-state index in [2.05, 4.69) is 15.0 Å². The van der Waals surface area contributed by atoms with Gasteiger partial charge in [0.2, 0.25) is 5.28 Å². The number of nitrogen functional groups attached to an aromatic ring is 1. The Morgan fingerprint density at radius 1 is 1.48 bits per heavy atom. The van der Waals surface area contributed by atoms with E-state index in [0.717, 1.165) is 0 Å². The third kappa shape index (κ3) is 4.40. The number of sulfone groups is 1. The molecule has 12 nitrogen and oxygen atoms in total. The zero-order valence-electron chi connectivity index (χ0n) is 14.0. The second-order valence-electron chi connectivity index (χ2n) is 6.05. The largest absolute Gasteiger partial charge is 0.382 e. The van der Waals surface area contributed by atoms with E-state index >= 15 is 0 Å². The molecular formula is C12H17ClN5O7PS. The van der Waals surface area contributed by atoms with Crippen molar-refractivity contribution >= 4 is 46.0 Å². The van der Waals surface area contributed by atoms with Gasteiger partial charge in [0, 0.05) is 6.26 Å². The molecule has 0 saturated carbocycles. The second-order valence-corrected chi connectivity index (χ2v) is 10.5. The van der Waals surface area contributed by atoms with E-state index in [9.17, 15) is 22.8 Å². The fourth-order valence-electron chi connectivity index (χ4n) is 2.80. The van der Waals surface area contributed by atoms with E-state index in [1.54, 1.807) is 4.57 Å². The predicted octanol–water partition coefficient (Wildman–Crippen LogP) is 0.262. The summed E-state index contributed by atoms with van der Waals surface area (Å²) in [4.78, 5) is 30.4. The summed E-state index contributed by atoms with van der Waals surface area (Å²) >= 11 is 5.82. The van der Waals surface area contributed by atoms with E-state index in [-0.39, 0.29) is 17.7 Å². The van der Waals surface area contributed by atoms with E-state index in [1.807, 2.05) is 0 Å². The van der Waals surface area contributed by atoms with E-state index in [4.69, 9.17) is 26.8 Å². The van der Waals surface area contributed by atoms with Crippen LogP contribution in [0.5, 0.6) is 0 Å². The molecule has 3 rings (SSSR count). The van der Waals surface area contributed by atoms with Gasteiger partial charge in [-0.3, -0.25) is 9.13 Å². The van der Waals surface area contributed by atoms with Crippen molar-refractivity contribution < 1.29 is 32.2 Å². The number of fused-ring (bicyclic) bond motifs is 1. The Bertz CT molecular complexity index is 1010. The van der Waals surface area contributed by atoms with Crippen molar-refractivity contribution in [3.63, 3.8) is 0 Å². The zero-order valence-corrected chi connectivity index (χ0v) is 16.4. The molecule has 1 unspecified atom stereocenters. The van der Waals surface area contributed by atoms with Crippen LogP contribution in [0.1, 0.15) is 19.1 Å². The molecule has 3 atom stereocenters. The van der Waals surface area contributed by atoms with Gasteiger partial charge in [-0.1, -0.05) is 0 Å². The van der Waals surface area contributed by atoms with E-state index < -0.39 is 34.9 Å². The third-order valence-corrected chi connectivity index (χ3v) is 7.59. The standard InChI is InChI=1S/C12H17ClN5O7PS/c1-27(22,23)12(26(19,20)21)24-4-6-2-3-7(25-6)18-5-15-8-9(14)16-11(13)17-10(8)18/h5-7,12H,2-4H2,1H3,(H2,14,16,17)(H2,19,20,21)/t6-,7+,12?/m0/s1. The maximum Gasteiger partial charge on any atom is 0.369 e. The SMILES string of the molecule is CS(=O)(=O)C(OC[C@@H]1CC[C@H](n2cnc3c(N)nc(Cl)nc32)O1)P(=O)(O)O. The molecule has 0 aromatic carbocycles. The maximum atomic E-state index is 11.5. The number of halogens is 1. The lowest BCUT2D eigenvalue weighted by Gasteiger charge is -2.20. The average Bonchev–Trinajstić information content (AvgIpc) is 3.10. The Morgan fingerprint density at radius 3 is 2.81 bits per heavy atom. The number of hydrogen-bond acceptors (Lipinski definition) is 9. The normalized spacial score (nSPS) is 22.4. The molecule has 1 aliphatic rings. The summed E-state index contributed by atoms with van der Waals surface area (Å²) in [6.07, 6.45) is 2.07. The van der Waals surface area contributed by atoms with Crippen molar-refractivity contribution in [2.24, 2.45) is 0 Å². The molecule has 15 heteroatoms. The van der Waals surface area contributed by atoms with Gasteiger partial charge in [0.15, 0.2) is 21.3 Å². The number of hydrogen-bond donors (Lipinski definition) is 3. The van der Waals surface area contributed by atoms with Crippen LogP contribution in [0.25, 0.3) is 11.2 Å². The van der Waals surface area contributed by atoms with E-state index in [1.165, 1.54) is 6.33 Å². The minimum Gasteiger partial charge on any atom is -0.382 e. The van der Waals surface area contributed by atoms with Gasteiger partial charge < -0.3 is 25.0 Å². The quantitative estimate of drug-likeness (QED) is 0.413. The monoisotopic (exact) mass is 441 g/mol. The summed E-state index contributed by atoms with van der Waals surface area (Å²) in [6.45, 7) is -0.302. The smallest absolute Gasteiger partial charge is 0.369 e. The predicted molar refractivity (Wildman–Crippen MR) is 94.5 cm³/mol. The van der Waals surface area contributed by atoms with Crippen molar-refractivity contribution in [1.29, 1.82) is 0 Å². The number of aromatic nitrogens is 4. The Morgan fingerprint density at radius 2 is 2.19 bits per heavy atom. The lowest BCUT2D eigenvalue weighted by Crippen LogP contribution is -2.28. The molecule has 27 heavy (non-hydrogen) atoms. The first-order chi connectivity index (χ1) is 12.5. The molecule has 1 aliphatic heterocycles. The molecule has 3 heterocycles. The number of nitrogens with two attached hydrogens (primary N) is 1. The topological polar surface area (TPSA) is 180 Å². The molecule has 0 radical (unpaired) electrons. The highest BCUT2D eigenvalue weighted by atomic mass is 35.5. The summed E-state index contributed by atoms with van der Waals surface area (Å²) in [5.41, 5.74) is 6.50. The lowest BCUT2D eigenvalue weighted by molar-refractivity contribution is -0.0390. The molecule has 4 N–H and O–H groups in total. The maximum absolute atomic E-state index is 11.5. The molecule has 1 saturated heterocycles. The molecule has 0 spiro atoms. The summed E-state index contributed by atoms with van der Waals surface area (Å²) in [6, 6.07) is 0. The van der Waals surface area contributed by atoms with Gasteiger partial charge in [-0.25, -0.2) is 13.4 Å². The van der Waals surface area contributed by atoms with Gasteiger partial charge in [0.1, 0.15) is 11.7 Å². The van der Waals surface area contributed by atoms with Crippen LogP contribution in [0, 0.1) is 0 Å². The summed E-state index contributed by atoms with van der Waals surface area (Å²) < 4.78 is 46.8. The Kier molecular flexibility index (Phi) is 5.47. The summed E-state index contributed by atoms with van der Waals surface area (Å²) in [5, 5.41) is -2.27. The Hall–Kier alpha value is -1.34. The Labute approximate surface area is 158 Å². The number of imidazole rings is 1. The van der Waals surface area contributed by atoms with Crippen LogP contribution in [0.2, 0.25) is 5.28 Å². The number of ether oxygens (including phenoxy) is 2. The van der Waals surface area contributed by atoms with Crippen molar-refractivity contribution in [1.82, 2.24) is 19.5 Å². The molecule has 2 aromatic rings. The van der Waals surface area contributed by atoms with Crippen molar-refractivity contribution in [2.75, 3.05) is 18.6 Å². The molecule has 2 aromatic heterocycles. The van der Waals surface area contributed by atoms with Gasteiger partial charge >= 0.3 is 7.60 Å². The number of nitrogens with zero attached hydrogens (tertiary/aromatic N) is 4. The zero-order chi connectivity index (χ0) is 20.0. The van der Waals surface area contributed by atoms with E-state index in [0.29, 0.717) is 30.3 Å². The van der Waals surface area contributed by atoms with Gasteiger partial charge in [0.05, 0.1) is 19.0 Å². The first-order valence-corrected chi connectivity index (χ1v) is 11.6. The highest BCUT2D eigenvalue weighted by Crippen LogP contribution is 2.45. The highest BCUT2D eigenvalue weighted by Gasteiger charge is 2.40. The van der Waals surface area contributed by atoms with Crippen LogP contribution in [-0.2, 0) is 23.9 Å². The fourth-order valence-corrected chi connectivity index (χ4v) is 5.57. The molecule has 0 amide bonds. The van der Waals surface area contributed by atoms with Crippen molar-refractivity contribution in [3.8, 4) is 0 Å². The number of rotatable bonds is 6. The fraction of sp³-hybridized carbons (Fsp3) is 0.583. The minimum atomic E-state index is -4.99. The second kappa shape index (κ2) is 7.24. The number of anilines is 1.